The Hall–Kier alpha value is -2.88. The first kappa shape index (κ1) is 26.2. The average Bonchev–Trinajstić information content (AvgIpc) is 3.35. The van der Waals surface area contributed by atoms with Crippen molar-refractivity contribution >= 4 is 23.9 Å². The highest BCUT2D eigenvalue weighted by Gasteiger charge is 2.82. The van der Waals surface area contributed by atoms with Crippen molar-refractivity contribution < 1.29 is 47.3 Å². The van der Waals surface area contributed by atoms with Gasteiger partial charge in [0.1, 0.15) is 30.2 Å². The number of hydrogen-bond acceptors (Lipinski definition) is 10. The van der Waals surface area contributed by atoms with Crippen LogP contribution in [0.3, 0.4) is 0 Å². The zero-order valence-electron chi connectivity index (χ0n) is 21.7. The lowest BCUT2D eigenvalue weighted by Gasteiger charge is -2.62. The van der Waals surface area contributed by atoms with Crippen molar-refractivity contribution in [3.8, 4) is 0 Å². The second-order valence-corrected chi connectivity index (χ2v) is 10.8. The summed E-state index contributed by atoms with van der Waals surface area (Å²) in [6.07, 6.45) is -0.108. The number of hydrogen-bond donors (Lipinski definition) is 0. The first-order valence-electron chi connectivity index (χ1n) is 12.2. The lowest BCUT2D eigenvalue weighted by Crippen LogP contribution is -2.76. The summed E-state index contributed by atoms with van der Waals surface area (Å²) in [5, 5.41) is 0. The molecule has 4 rings (SSSR count). The number of esters is 4. The molecule has 36 heavy (non-hydrogen) atoms. The molecular weight excluding hydrogens is 472 g/mol. The molecule has 0 amide bonds. The van der Waals surface area contributed by atoms with Crippen LogP contribution >= 0.6 is 0 Å². The topological polar surface area (TPSA) is 128 Å². The second kappa shape index (κ2) is 8.90. The highest BCUT2D eigenvalue weighted by molar-refractivity contribution is 5.89. The standard InChI is InChI=1S/C26H34O10/c1-13-8-9-18(32-14(2)27)25(7)22(35-23(30)17-10-11-31-12-17)20(33-15(3)28)19-21(34-16(4)29)26(13,25)36-24(19,5)6/h10-13,18-22H,8-9H2,1-7H3/t13-,18+,19+,20-,21+,22+,25+,26+/m1/s1. The molecule has 8 atom stereocenters. The molecule has 2 saturated carbocycles. The number of carbonyl (C=O) groups is 4. The molecule has 0 N–H and O–H groups in total. The Labute approximate surface area is 209 Å². The SMILES string of the molecule is CC(=O)O[C@@H]1[C@H]2[C@H](OC(C)=O)[C@@]3(OC2(C)C)[C@H](C)CC[C@H](OC(C)=O)[C@@]3(C)[C@H]1OC(=O)c1ccoc1. The largest absolute Gasteiger partial charge is 0.472 e. The fraction of sp³-hybridized carbons (Fsp3) is 0.692. The van der Waals surface area contributed by atoms with Gasteiger partial charge in [-0.05, 0) is 45.6 Å². The van der Waals surface area contributed by atoms with Gasteiger partial charge < -0.3 is 28.1 Å². The van der Waals surface area contributed by atoms with Gasteiger partial charge in [0.05, 0.1) is 28.8 Å². The van der Waals surface area contributed by atoms with Gasteiger partial charge in [-0.25, -0.2) is 4.79 Å². The molecule has 1 aliphatic heterocycles. The maximum absolute atomic E-state index is 13.2. The van der Waals surface area contributed by atoms with Gasteiger partial charge in [-0.2, -0.15) is 0 Å². The first-order chi connectivity index (χ1) is 16.8. The van der Waals surface area contributed by atoms with Crippen LogP contribution in [0.5, 0.6) is 0 Å². The molecule has 10 nitrogen and oxygen atoms in total. The van der Waals surface area contributed by atoms with E-state index < -0.39 is 70.8 Å². The van der Waals surface area contributed by atoms with E-state index in [-0.39, 0.29) is 11.5 Å². The molecule has 2 bridgehead atoms. The van der Waals surface area contributed by atoms with Gasteiger partial charge in [0.2, 0.25) is 0 Å². The van der Waals surface area contributed by atoms with Crippen LogP contribution in [0.15, 0.2) is 23.0 Å². The molecule has 2 aliphatic carbocycles. The second-order valence-electron chi connectivity index (χ2n) is 10.8. The summed E-state index contributed by atoms with van der Waals surface area (Å²) in [4.78, 5) is 50.2. The maximum atomic E-state index is 13.2. The molecule has 0 radical (unpaired) electrons. The first-order valence-corrected chi connectivity index (χ1v) is 12.2. The summed E-state index contributed by atoms with van der Waals surface area (Å²) >= 11 is 0. The predicted molar refractivity (Wildman–Crippen MR) is 122 cm³/mol. The van der Waals surface area contributed by atoms with Gasteiger partial charge in [-0.1, -0.05) is 6.92 Å². The number of carbonyl (C=O) groups excluding carboxylic acids is 4. The molecule has 198 valence electrons. The summed E-state index contributed by atoms with van der Waals surface area (Å²) in [6.45, 7) is 11.3. The van der Waals surface area contributed by atoms with E-state index in [1.165, 1.54) is 39.4 Å². The third-order valence-corrected chi connectivity index (χ3v) is 8.23. The number of rotatable bonds is 5. The van der Waals surface area contributed by atoms with Crippen LogP contribution in [0.4, 0.5) is 0 Å². The van der Waals surface area contributed by atoms with Crippen LogP contribution in [0, 0.1) is 17.3 Å². The third-order valence-electron chi connectivity index (χ3n) is 8.23. The Bertz CT molecular complexity index is 1050. The van der Waals surface area contributed by atoms with Crippen LogP contribution in [0.2, 0.25) is 0 Å². The minimum Gasteiger partial charge on any atom is -0.472 e. The molecule has 10 heteroatoms. The Morgan fingerprint density at radius 3 is 2.08 bits per heavy atom. The highest BCUT2D eigenvalue weighted by atomic mass is 16.6. The van der Waals surface area contributed by atoms with Gasteiger partial charge in [0, 0.05) is 20.8 Å². The summed E-state index contributed by atoms with van der Waals surface area (Å²) in [6, 6.07) is 1.47. The number of ether oxygens (including phenoxy) is 5. The Morgan fingerprint density at radius 2 is 1.53 bits per heavy atom. The van der Waals surface area contributed by atoms with E-state index in [9.17, 15) is 19.2 Å². The van der Waals surface area contributed by atoms with Crippen LogP contribution in [-0.2, 0) is 38.1 Å². The quantitative estimate of drug-likeness (QED) is 0.434. The predicted octanol–water partition coefficient (Wildman–Crippen LogP) is 3.21. The molecule has 1 saturated heterocycles. The van der Waals surface area contributed by atoms with Gasteiger partial charge >= 0.3 is 23.9 Å². The van der Waals surface area contributed by atoms with Gasteiger partial charge in [0.15, 0.2) is 6.10 Å². The summed E-state index contributed by atoms with van der Waals surface area (Å²) < 4.78 is 35.6. The monoisotopic (exact) mass is 506 g/mol. The van der Waals surface area contributed by atoms with Crippen molar-refractivity contribution in [2.75, 3.05) is 0 Å². The molecule has 3 fully saturated rings. The number of furan rings is 1. The maximum Gasteiger partial charge on any atom is 0.341 e. The van der Waals surface area contributed by atoms with Crippen LogP contribution in [0.1, 0.15) is 71.7 Å². The van der Waals surface area contributed by atoms with Gasteiger partial charge in [-0.3, -0.25) is 14.4 Å². The molecule has 1 aromatic heterocycles. The molecule has 1 aromatic rings. The highest BCUT2D eigenvalue weighted by Crippen LogP contribution is 2.68. The minimum absolute atomic E-state index is 0.178. The van der Waals surface area contributed by atoms with E-state index in [0.717, 1.165) is 0 Å². The van der Waals surface area contributed by atoms with Crippen molar-refractivity contribution in [2.24, 2.45) is 17.3 Å². The average molecular weight is 507 g/mol. The van der Waals surface area contributed by atoms with Crippen molar-refractivity contribution in [3.05, 3.63) is 24.2 Å². The Kier molecular flexibility index (Phi) is 6.47. The fourth-order valence-corrected chi connectivity index (χ4v) is 6.99. The van der Waals surface area contributed by atoms with Gasteiger partial charge in [0.25, 0.3) is 0 Å². The molecule has 0 aromatic carbocycles. The zero-order valence-corrected chi connectivity index (χ0v) is 21.7. The van der Waals surface area contributed by atoms with E-state index >= 15 is 0 Å². The molecule has 2 heterocycles. The summed E-state index contributed by atoms with van der Waals surface area (Å²) in [5.41, 5.74) is -3.23. The van der Waals surface area contributed by atoms with E-state index in [4.69, 9.17) is 28.1 Å². The molecular formula is C26H34O10. The molecule has 0 unspecified atom stereocenters. The van der Waals surface area contributed by atoms with E-state index in [2.05, 4.69) is 0 Å². The Balaban J connectivity index is 1.97. The molecule has 1 spiro atoms. The Morgan fingerprint density at radius 1 is 0.889 bits per heavy atom. The van der Waals surface area contributed by atoms with E-state index in [0.29, 0.717) is 12.8 Å². The fourth-order valence-electron chi connectivity index (χ4n) is 6.99. The van der Waals surface area contributed by atoms with Crippen molar-refractivity contribution in [1.29, 1.82) is 0 Å². The third kappa shape index (κ3) is 3.81. The van der Waals surface area contributed by atoms with E-state index in [1.54, 1.807) is 6.92 Å². The summed E-state index contributed by atoms with van der Waals surface area (Å²) in [5.74, 6) is -3.18. The van der Waals surface area contributed by atoms with Crippen molar-refractivity contribution in [1.82, 2.24) is 0 Å². The minimum atomic E-state index is -1.25. The lowest BCUT2D eigenvalue weighted by molar-refractivity contribution is -0.299. The van der Waals surface area contributed by atoms with Gasteiger partial charge in [-0.15, -0.1) is 0 Å². The number of fused-ring (bicyclic) bond motifs is 1. The van der Waals surface area contributed by atoms with Crippen LogP contribution in [-0.4, -0.2) is 59.5 Å². The smallest absolute Gasteiger partial charge is 0.341 e. The van der Waals surface area contributed by atoms with Crippen molar-refractivity contribution in [2.45, 2.75) is 96.9 Å². The van der Waals surface area contributed by atoms with Crippen LogP contribution in [0.25, 0.3) is 0 Å². The van der Waals surface area contributed by atoms with Crippen LogP contribution < -0.4 is 0 Å². The lowest BCUT2D eigenvalue weighted by atomic mass is 9.48. The summed E-state index contributed by atoms with van der Waals surface area (Å²) in [7, 11) is 0. The normalized spacial score (nSPS) is 38.4. The van der Waals surface area contributed by atoms with E-state index in [1.807, 2.05) is 20.8 Å². The van der Waals surface area contributed by atoms with Crippen molar-refractivity contribution in [3.63, 3.8) is 0 Å². The molecule has 3 aliphatic rings. The zero-order chi connectivity index (χ0) is 26.6.